The van der Waals surface area contributed by atoms with Gasteiger partial charge < -0.3 is 14.8 Å². The molecule has 0 radical (unpaired) electrons. The quantitative estimate of drug-likeness (QED) is 0.503. The number of nitrogens with zero attached hydrogens (tertiary/aromatic N) is 2. The highest BCUT2D eigenvalue weighted by Gasteiger charge is 2.20. The molecule has 0 amide bonds. The van der Waals surface area contributed by atoms with Crippen molar-refractivity contribution in [3.63, 3.8) is 0 Å². The molecule has 7 heteroatoms. The number of rotatable bonds is 4. The number of ether oxygens (including phenoxy) is 2. The number of hydrogen-bond donors (Lipinski definition) is 1. The highest BCUT2D eigenvalue weighted by Crippen LogP contribution is 2.30. The Kier molecular flexibility index (Phi) is 5.26. The van der Waals surface area contributed by atoms with Gasteiger partial charge in [0.05, 0.1) is 17.4 Å². The second-order valence-electron chi connectivity index (χ2n) is 8.80. The number of nitrogens with one attached hydrogen (secondary N) is 1. The van der Waals surface area contributed by atoms with E-state index in [2.05, 4.69) is 22.4 Å². The smallest absolute Gasteiger partial charge is 0.255 e. The molecule has 172 valence electrons. The van der Waals surface area contributed by atoms with Crippen molar-refractivity contribution < 1.29 is 13.9 Å². The zero-order valence-electron chi connectivity index (χ0n) is 18.6. The fraction of sp³-hybridized carbons (Fsp3) is 0.259. The van der Waals surface area contributed by atoms with Crippen molar-refractivity contribution in [2.75, 3.05) is 13.2 Å². The van der Waals surface area contributed by atoms with Crippen molar-refractivity contribution >= 4 is 10.9 Å². The zero-order valence-corrected chi connectivity index (χ0v) is 18.6. The average molecular weight is 458 g/mol. The Labute approximate surface area is 196 Å². The van der Waals surface area contributed by atoms with Crippen LogP contribution in [0.3, 0.4) is 0 Å². The van der Waals surface area contributed by atoms with Crippen molar-refractivity contribution in [2.45, 2.75) is 31.8 Å². The summed E-state index contributed by atoms with van der Waals surface area (Å²) in [5, 5.41) is 4.45. The second kappa shape index (κ2) is 8.57. The van der Waals surface area contributed by atoms with E-state index in [4.69, 9.17) is 9.47 Å². The molecule has 0 saturated carbocycles. The van der Waals surface area contributed by atoms with Crippen LogP contribution < -0.4 is 20.3 Å². The van der Waals surface area contributed by atoms with Crippen LogP contribution in [0.4, 0.5) is 4.39 Å². The molecule has 1 aliphatic heterocycles. The Morgan fingerprint density at radius 1 is 1.00 bits per heavy atom. The number of aromatic nitrogens is 2. The van der Waals surface area contributed by atoms with Crippen LogP contribution >= 0.6 is 0 Å². The molecule has 0 unspecified atom stereocenters. The van der Waals surface area contributed by atoms with Crippen LogP contribution in [0.25, 0.3) is 16.6 Å². The van der Waals surface area contributed by atoms with E-state index in [0.29, 0.717) is 37.1 Å². The summed E-state index contributed by atoms with van der Waals surface area (Å²) in [5.41, 5.74) is 4.60. The number of hydrogen-bond acceptors (Lipinski definition) is 5. The summed E-state index contributed by atoms with van der Waals surface area (Å²) in [4.78, 5) is 17.2. The van der Waals surface area contributed by atoms with Gasteiger partial charge in [-0.3, -0.25) is 14.3 Å². The third-order valence-electron chi connectivity index (χ3n) is 6.59. The van der Waals surface area contributed by atoms with Crippen LogP contribution in [0, 0.1) is 5.82 Å². The minimum Gasteiger partial charge on any atom is -0.486 e. The normalized spacial score (nSPS) is 16.9. The predicted molar refractivity (Wildman–Crippen MR) is 127 cm³/mol. The standard InChI is InChI=1S/C27H24FN3O3/c28-20-5-1-17-4-8-27(32)31(24(17)13-20)23-7-3-18-11-21(6-2-19(18)12-23)29-15-22-14-25-26(16-30-22)34-10-9-33-25/h1,3-5,7-8,12-14,16,21,29H,2,6,9-11,15H2/t21-/m1/s1. The molecule has 6 rings (SSSR count). The van der Waals surface area contributed by atoms with Gasteiger partial charge in [0.1, 0.15) is 19.0 Å². The summed E-state index contributed by atoms with van der Waals surface area (Å²) >= 11 is 0. The monoisotopic (exact) mass is 457 g/mol. The van der Waals surface area contributed by atoms with E-state index in [9.17, 15) is 9.18 Å². The average Bonchev–Trinajstić information content (AvgIpc) is 2.87. The molecule has 0 spiro atoms. The van der Waals surface area contributed by atoms with Gasteiger partial charge in [-0.05, 0) is 72.2 Å². The molecule has 3 heterocycles. The van der Waals surface area contributed by atoms with E-state index in [0.717, 1.165) is 41.8 Å². The first-order valence-electron chi connectivity index (χ1n) is 11.6. The first kappa shape index (κ1) is 20.9. The molecule has 0 bridgehead atoms. The fourth-order valence-corrected chi connectivity index (χ4v) is 4.86. The lowest BCUT2D eigenvalue weighted by molar-refractivity contribution is 0.170. The lowest BCUT2D eigenvalue weighted by Gasteiger charge is -2.26. The van der Waals surface area contributed by atoms with Gasteiger partial charge in [-0.2, -0.15) is 0 Å². The van der Waals surface area contributed by atoms with Crippen LogP contribution in [0.2, 0.25) is 0 Å². The van der Waals surface area contributed by atoms with Gasteiger partial charge in [-0.25, -0.2) is 4.39 Å². The number of benzene rings is 2. The van der Waals surface area contributed by atoms with Gasteiger partial charge in [0.2, 0.25) is 0 Å². The molecule has 4 aromatic rings. The van der Waals surface area contributed by atoms with E-state index < -0.39 is 0 Å². The number of fused-ring (bicyclic) bond motifs is 3. The van der Waals surface area contributed by atoms with Crippen molar-refractivity contribution in [2.24, 2.45) is 0 Å². The van der Waals surface area contributed by atoms with Crippen LogP contribution in [-0.2, 0) is 19.4 Å². The molecule has 1 aliphatic carbocycles. The van der Waals surface area contributed by atoms with Gasteiger partial charge >= 0.3 is 0 Å². The van der Waals surface area contributed by atoms with E-state index in [1.807, 2.05) is 12.1 Å². The summed E-state index contributed by atoms with van der Waals surface area (Å²) < 4.78 is 26.7. The molecular formula is C27H24FN3O3. The topological polar surface area (TPSA) is 65.4 Å². The molecule has 0 fully saturated rings. The largest absolute Gasteiger partial charge is 0.486 e. The molecule has 6 nitrogen and oxygen atoms in total. The van der Waals surface area contributed by atoms with Crippen LogP contribution in [0.15, 0.2) is 65.6 Å². The maximum atomic E-state index is 13.9. The van der Waals surface area contributed by atoms with Gasteiger partial charge in [-0.15, -0.1) is 0 Å². The van der Waals surface area contributed by atoms with Crippen molar-refractivity contribution in [1.82, 2.24) is 14.9 Å². The van der Waals surface area contributed by atoms with Crippen molar-refractivity contribution in [3.05, 3.63) is 93.8 Å². The molecule has 1 atom stereocenters. The number of aryl methyl sites for hydroxylation is 1. The van der Waals surface area contributed by atoms with Gasteiger partial charge in [0.15, 0.2) is 11.5 Å². The van der Waals surface area contributed by atoms with Crippen LogP contribution in [-0.4, -0.2) is 28.8 Å². The van der Waals surface area contributed by atoms with E-state index in [-0.39, 0.29) is 11.4 Å². The van der Waals surface area contributed by atoms with Crippen LogP contribution in [0.5, 0.6) is 11.5 Å². The molecule has 2 aliphatic rings. The maximum Gasteiger partial charge on any atom is 0.255 e. The van der Waals surface area contributed by atoms with E-state index >= 15 is 0 Å². The SMILES string of the molecule is O=c1ccc2ccc(F)cc2n1-c1ccc2c(c1)CC[C@@H](NCc1cc3c(cn1)OCCO3)C2. The molecule has 1 N–H and O–H groups in total. The molecular weight excluding hydrogens is 433 g/mol. The lowest BCUT2D eigenvalue weighted by Crippen LogP contribution is -2.34. The summed E-state index contributed by atoms with van der Waals surface area (Å²) in [7, 11) is 0. The minimum absolute atomic E-state index is 0.166. The number of halogens is 1. The van der Waals surface area contributed by atoms with Gasteiger partial charge in [0, 0.05) is 30.4 Å². The minimum atomic E-state index is -0.355. The lowest BCUT2D eigenvalue weighted by atomic mass is 9.88. The summed E-state index contributed by atoms with van der Waals surface area (Å²) in [6.07, 6.45) is 4.52. The Bertz CT molecular complexity index is 1450. The molecule has 34 heavy (non-hydrogen) atoms. The van der Waals surface area contributed by atoms with Crippen molar-refractivity contribution in [3.8, 4) is 17.2 Å². The van der Waals surface area contributed by atoms with E-state index in [1.54, 1.807) is 22.9 Å². The summed E-state index contributed by atoms with van der Waals surface area (Å²) in [6, 6.07) is 16.2. The third kappa shape index (κ3) is 3.92. The highest BCUT2D eigenvalue weighted by atomic mass is 19.1. The first-order valence-corrected chi connectivity index (χ1v) is 11.6. The zero-order chi connectivity index (χ0) is 23.1. The Morgan fingerprint density at radius 2 is 1.85 bits per heavy atom. The van der Waals surface area contributed by atoms with Crippen LogP contribution in [0.1, 0.15) is 23.2 Å². The van der Waals surface area contributed by atoms with Crippen molar-refractivity contribution in [1.29, 1.82) is 0 Å². The van der Waals surface area contributed by atoms with Gasteiger partial charge in [0.25, 0.3) is 5.56 Å². The Hall–Kier alpha value is -3.71. The Morgan fingerprint density at radius 3 is 2.76 bits per heavy atom. The Balaban J connectivity index is 1.20. The molecule has 2 aromatic carbocycles. The summed E-state index contributed by atoms with van der Waals surface area (Å²) in [5.74, 6) is 1.10. The third-order valence-corrected chi connectivity index (χ3v) is 6.59. The fourth-order valence-electron chi connectivity index (χ4n) is 4.86. The number of pyridine rings is 2. The maximum absolute atomic E-state index is 13.9. The summed E-state index contributed by atoms with van der Waals surface area (Å²) in [6.45, 7) is 1.78. The first-order chi connectivity index (χ1) is 16.6. The van der Waals surface area contributed by atoms with E-state index in [1.165, 1.54) is 29.3 Å². The highest BCUT2D eigenvalue weighted by molar-refractivity contribution is 5.80. The predicted octanol–water partition coefficient (Wildman–Crippen LogP) is 3.94. The molecule has 0 saturated heterocycles. The second-order valence-corrected chi connectivity index (χ2v) is 8.80. The van der Waals surface area contributed by atoms with Gasteiger partial charge in [-0.1, -0.05) is 6.07 Å². The molecule has 2 aromatic heterocycles.